The SMILES string of the molecule is CN(CCC1=CNC(Nc2cn(C)nc2Cl)=NC1N(C=O)c1cccc(NC(=O)/C=C/CN2CCCCC2)c1)c1ccccc1. The Hall–Kier alpha value is -4.61. The van der Waals surface area contributed by atoms with Crippen LogP contribution in [-0.4, -0.2) is 72.3 Å². The van der Waals surface area contributed by atoms with Crippen LogP contribution < -0.4 is 25.8 Å². The average Bonchev–Trinajstić information content (AvgIpc) is 3.37. The molecule has 3 aromatic rings. The normalized spacial score (nSPS) is 16.8. The van der Waals surface area contributed by atoms with Gasteiger partial charge in [-0.3, -0.25) is 24.1 Å². The number of likely N-dealkylation sites (tertiary alicyclic amines) is 1. The molecular weight excluding hydrogens is 590 g/mol. The number of aromatic nitrogens is 2. The first-order valence-corrected chi connectivity index (χ1v) is 15.6. The third-order valence-corrected chi connectivity index (χ3v) is 8.10. The fraction of sp³-hybridized carbons (Fsp3) is 0.333. The van der Waals surface area contributed by atoms with Crippen LogP contribution in [0.2, 0.25) is 5.15 Å². The van der Waals surface area contributed by atoms with Crippen molar-refractivity contribution in [1.29, 1.82) is 0 Å². The number of amides is 2. The number of nitrogens with one attached hydrogen (secondary N) is 3. The summed E-state index contributed by atoms with van der Waals surface area (Å²) >= 11 is 6.28. The number of guanidine groups is 1. The predicted octanol–water partition coefficient (Wildman–Crippen LogP) is 4.82. The Morgan fingerprint density at radius 2 is 1.89 bits per heavy atom. The van der Waals surface area contributed by atoms with E-state index < -0.39 is 6.17 Å². The summed E-state index contributed by atoms with van der Waals surface area (Å²) in [4.78, 5) is 36.4. The second-order valence-electron chi connectivity index (χ2n) is 11.2. The van der Waals surface area contributed by atoms with E-state index in [1.165, 1.54) is 19.3 Å². The third-order valence-electron chi connectivity index (χ3n) is 7.82. The summed E-state index contributed by atoms with van der Waals surface area (Å²) in [7, 11) is 3.81. The van der Waals surface area contributed by atoms with Gasteiger partial charge in [-0.25, -0.2) is 4.99 Å². The summed E-state index contributed by atoms with van der Waals surface area (Å²) in [6.45, 7) is 3.60. The van der Waals surface area contributed by atoms with Crippen LogP contribution in [-0.2, 0) is 16.6 Å². The van der Waals surface area contributed by atoms with Gasteiger partial charge < -0.3 is 20.9 Å². The molecule has 0 spiro atoms. The number of hydrogen-bond acceptors (Lipinski definition) is 8. The molecule has 11 nitrogen and oxygen atoms in total. The van der Waals surface area contributed by atoms with Crippen LogP contribution in [0.15, 0.2) is 89.7 Å². The first-order valence-electron chi connectivity index (χ1n) is 15.2. The van der Waals surface area contributed by atoms with Gasteiger partial charge in [0, 0.05) is 62.7 Å². The first kappa shape index (κ1) is 31.8. The Balaban J connectivity index is 1.33. The summed E-state index contributed by atoms with van der Waals surface area (Å²) in [5.41, 5.74) is 3.76. The molecule has 0 bridgehead atoms. The molecule has 1 atom stereocenters. The van der Waals surface area contributed by atoms with Gasteiger partial charge in [0.2, 0.25) is 18.3 Å². The minimum Gasteiger partial charge on any atom is -0.374 e. The molecule has 3 heterocycles. The maximum absolute atomic E-state index is 12.7. The second-order valence-corrected chi connectivity index (χ2v) is 11.5. The molecule has 236 valence electrons. The highest BCUT2D eigenvalue weighted by Crippen LogP contribution is 2.28. The Bertz CT molecular complexity index is 1550. The van der Waals surface area contributed by atoms with Crippen LogP contribution in [0.25, 0.3) is 0 Å². The highest BCUT2D eigenvalue weighted by atomic mass is 35.5. The number of halogens is 1. The first-order chi connectivity index (χ1) is 21.9. The summed E-state index contributed by atoms with van der Waals surface area (Å²) in [6.07, 6.45) is 11.5. The molecule has 2 aromatic carbocycles. The van der Waals surface area contributed by atoms with Gasteiger partial charge in [0.15, 0.2) is 11.3 Å². The fourth-order valence-electron chi connectivity index (χ4n) is 5.41. The van der Waals surface area contributed by atoms with Crippen molar-refractivity contribution in [2.24, 2.45) is 12.0 Å². The smallest absolute Gasteiger partial charge is 0.248 e. The number of hydrogen-bond donors (Lipinski definition) is 3. The topological polar surface area (TPSA) is 110 Å². The van der Waals surface area contributed by atoms with E-state index in [0.29, 0.717) is 41.1 Å². The summed E-state index contributed by atoms with van der Waals surface area (Å²) < 4.78 is 1.60. The molecule has 2 amide bonds. The maximum Gasteiger partial charge on any atom is 0.248 e. The second kappa shape index (κ2) is 15.4. The highest BCUT2D eigenvalue weighted by Gasteiger charge is 2.27. The van der Waals surface area contributed by atoms with Gasteiger partial charge in [-0.2, -0.15) is 5.10 Å². The van der Waals surface area contributed by atoms with Gasteiger partial charge in [0.1, 0.15) is 0 Å². The van der Waals surface area contributed by atoms with Gasteiger partial charge in [-0.1, -0.05) is 48.4 Å². The van der Waals surface area contributed by atoms with Gasteiger partial charge in [-0.05, 0) is 68.3 Å². The fourth-order valence-corrected chi connectivity index (χ4v) is 5.62. The Kier molecular flexibility index (Phi) is 10.9. The quantitative estimate of drug-likeness (QED) is 0.195. The minimum atomic E-state index is -0.652. The molecule has 3 N–H and O–H groups in total. The summed E-state index contributed by atoms with van der Waals surface area (Å²) in [6, 6.07) is 17.3. The van der Waals surface area contributed by atoms with Crippen LogP contribution >= 0.6 is 11.6 Å². The minimum absolute atomic E-state index is 0.217. The van der Waals surface area contributed by atoms with E-state index >= 15 is 0 Å². The number of rotatable bonds is 12. The number of carbonyl (C=O) groups excluding carboxylic acids is 2. The molecule has 12 heteroatoms. The molecule has 0 saturated carbocycles. The van der Waals surface area contributed by atoms with Crippen molar-refractivity contribution in [2.45, 2.75) is 31.8 Å². The van der Waals surface area contributed by atoms with Crippen molar-refractivity contribution in [3.63, 3.8) is 0 Å². The zero-order valence-corrected chi connectivity index (χ0v) is 26.5. The molecule has 0 aliphatic carbocycles. The van der Waals surface area contributed by atoms with Crippen LogP contribution in [0.5, 0.6) is 0 Å². The van der Waals surface area contributed by atoms with Crippen molar-refractivity contribution in [3.05, 3.63) is 89.9 Å². The summed E-state index contributed by atoms with van der Waals surface area (Å²) in [5, 5.41) is 13.8. The molecule has 0 radical (unpaired) electrons. The predicted molar refractivity (Wildman–Crippen MR) is 182 cm³/mol. The van der Waals surface area contributed by atoms with Gasteiger partial charge in [-0.15, -0.1) is 0 Å². The third kappa shape index (κ3) is 8.74. The van der Waals surface area contributed by atoms with Crippen LogP contribution in [0, 0.1) is 0 Å². The van der Waals surface area contributed by atoms with E-state index in [1.807, 2.05) is 49.7 Å². The number of nitrogens with zero attached hydrogens (tertiary/aromatic N) is 6. The number of anilines is 4. The number of carbonyl (C=O) groups is 2. The van der Waals surface area contributed by atoms with E-state index in [-0.39, 0.29) is 5.91 Å². The van der Waals surface area contributed by atoms with E-state index in [4.69, 9.17) is 16.6 Å². The lowest BCUT2D eigenvalue weighted by Crippen LogP contribution is -2.42. The number of para-hydroxylation sites is 1. The molecule has 45 heavy (non-hydrogen) atoms. The highest BCUT2D eigenvalue weighted by molar-refractivity contribution is 6.32. The zero-order valence-electron chi connectivity index (χ0n) is 25.7. The maximum atomic E-state index is 12.7. The van der Waals surface area contributed by atoms with E-state index in [2.05, 4.69) is 43.0 Å². The van der Waals surface area contributed by atoms with Crippen LogP contribution in [0.3, 0.4) is 0 Å². The standard InChI is InChI=1S/C33H40ClN9O2/c1-40(27-12-5-3-6-13-27)20-16-25-22-35-33(37-29-23-41(2)39-31(29)34)38-32(25)43(24-44)28-14-9-11-26(21-28)36-30(45)15-10-19-42-17-7-4-8-18-42/h3,5-6,9-15,21-24,32H,4,7-8,16-20H2,1-2H3,(H,36,45)(H2,35,37,38)/b15-10+. The lowest BCUT2D eigenvalue weighted by molar-refractivity contribution is -0.112. The number of aliphatic imine (C=N–C) groups is 1. The van der Waals surface area contributed by atoms with Crippen molar-refractivity contribution in [1.82, 2.24) is 20.0 Å². The lowest BCUT2D eigenvalue weighted by Gasteiger charge is -2.32. The van der Waals surface area contributed by atoms with Crippen molar-refractivity contribution < 1.29 is 9.59 Å². The zero-order chi connectivity index (χ0) is 31.6. The monoisotopic (exact) mass is 629 g/mol. The Morgan fingerprint density at radius 3 is 2.62 bits per heavy atom. The molecule has 1 aromatic heterocycles. The van der Waals surface area contributed by atoms with Crippen LogP contribution in [0.1, 0.15) is 25.7 Å². The molecule has 2 aliphatic rings. The Labute approximate surface area is 269 Å². The molecule has 1 saturated heterocycles. The van der Waals surface area contributed by atoms with Gasteiger partial charge in [0.25, 0.3) is 0 Å². The molecule has 2 aliphatic heterocycles. The number of benzene rings is 2. The van der Waals surface area contributed by atoms with E-state index in [9.17, 15) is 9.59 Å². The van der Waals surface area contributed by atoms with E-state index in [0.717, 1.165) is 37.3 Å². The van der Waals surface area contributed by atoms with Gasteiger partial charge in [0.05, 0.1) is 5.69 Å². The van der Waals surface area contributed by atoms with Crippen molar-refractivity contribution in [2.75, 3.05) is 53.7 Å². The average molecular weight is 630 g/mol. The lowest BCUT2D eigenvalue weighted by atomic mass is 10.1. The summed E-state index contributed by atoms with van der Waals surface area (Å²) in [5.74, 6) is 0.205. The molecular formula is C33H40ClN9O2. The molecule has 1 fully saturated rings. The largest absolute Gasteiger partial charge is 0.374 e. The Morgan fingerprint density at radius 1 is 1.11 bits per heavy atom. The van der Waals surface area contributed by atoms with E-state index in [1.54, 1.807) is 41.0 Å². The van der Waals surface area contributed by atoms with Crippen molar-refractivity contribution >= 4 is 52.6 Å². The molecule has 1 unspecified atom stereocenters. The van der Waals surface area contributed by atoms with Crippen LogP contribution in [0.4, 0.5) is 22.7 Å². The molecule has 5 rings (SSSR count). The van der Waals surface area contributed by atoms with Gasteiger partial charge >= 0.3 is 0 Å². The number of aryl methyl sites for hydroxylation is 1. The van der Waals surface area contributed by atoms with Crippen molar-refractivity contribution in [3.8, 4) is 0 Å². The number of piperidine rings is 1.